The lowest BCUT2D eigenvalue weighted by atomic mass is 9.36. The van der Waals surface area contributed by atoms with E-state index in [1.165, 1.54) is 388 Å². The van der Waals surface area contributed by atoms with Crippen LogP contribution >= 0.6 is 23.5 Å². The summed E-state index contributed by atoms with van der Waals surface area (Å²) in [5.74, 6) is 0. The van der Waals surface area contributed by atoms with Crippen molar-refractivity contribution in [3.05, 3.63) is 288 Å². The molecule has 674 valence electrons. The highest BCUT2D eigenvalue weighted by Crippen LogP contribution is 2.60. The summed E-state index contributed by atoms with van der Waals surface area (Å²) in [6.07, 6.45) is 52.7. The Bertz CT molecular complexity index is 5550. The number of fused-ring (bicyclic) bond motifs is 11. The molecule has 14 aromatic rings. The average Bonchev–Trinajstić information content (AvgIpc) is 1.57. The monoisotopic (exact) mass is 1760 g/mol. The molecule has 3 aliphatic carbocycles. The van der Waals surface area contributed by atoms with Crippen molar-refractivity contribution >= 4 is 91.7 Å². The molecule has 17 rings (SSSR count). The van der Waals surface area contributed by atoms with Crippen LogP contribution in [-0.4, -0.2) is 30.9 Å². The molecule has 8 heteroatoms. The van der Waals surface area contributed by atoms with Crippen LogP contribution in [0.5, 0.6) is 0 Å². The highest BCUT2D eigenvalue weighted by atomic mass is 32.1. The Hall–Kier alpha value is -9.59. The van der Waals surface area contributed by atoms with Gasteiger partial charge in [-0.2, -0.15) is 17.5 Å². The van der Waals surface area contributed by atoms with Gasteiger partial charge in [0.1, 0.15) is 22.1 Å². The molecular weight excluding hydrogens is 1620 g/mol. The van der Waals surface area contributed by atoms with Crippen LogP contribution < -0.4 is 32.8 Å². The second-order valence-electron chi connectivity index (χ2n) is 39.7. The van der Waals surface area contributed by atoms with Gasteiger partial charge in [0.15, 0.2) is 0 Å². The topological polar surface area (TPSA) is 51.6 Å². The molecule has 0 saturated heterocycles. The van der Waals surface area contributed by atoms with Crippen LogP contribution in [0.3, 0.4) is 0 Å². The molecular formula is C123H144B2N4S2. The molecule has 3 aliphatic rings. The molecule has 0 unspecified atom stereocenters. The second-order valence-corrected chi connectivity index (χ2v) is 40.7. The maximum atomic E-state index is 5.55. The Morgan fingerprint density at radius 1 is 0.191 bits per heavy atom. The zero-order valence-electron chi connectivity index (χ0n) is 80.2. The maximum absolute atomic E-state index is 5.55. The molecule has 0 bridgehead atoms. The molecule has 4 nitrogen and oxygen atoms in total. The molecule has 2 aromatic heterocycles. The third-order valence-electron chi connectivity index (χ3n) is 31.2. The van der Waals surface area contributed by atoms with Crippen molar-refractivity contribution < 1.29 is 0 Å². The second kappa shape index (κ2) is 45.4. The standard InChI is InChI=1S/C123H144B2N4S2/c1-7-13-19-25-31-53-79-121(80-54-32-26-20-14-8-2)109-69-51-49-67-99(109)105-89-115(124(93-59-41-37-42-60-93)94-61-43-38-44-62-94)107(87-113(105)121)103-77-75-97(117-119(103)128-130-126-117)91-71-73-101-102-74-72-92(86-112(102)123(111(101)85-91,83-57-35-29-23-17-11-5)84-58-36-30-24-18-12-6)98-76-78-104(120-118(98)127-131-129-120)108-88-114-106(90-116(108)125(95-63-45-39-46-64-95)96-65-47-40-48-66-96)100-68-50-52-70-110(100)122(114,81-55-33-27-21-15-9-3)82-56-34-28-22-16-10-4/h37-52,59-78,85-90H,7-36,53-58,79-84H2,1-6H3. The summed E-state index contributed by atoms with van der Waals surface area (Å²) < 4.78 is 22.1. The van der Waals surface area contributed by atoms with Gasteiger partial charge in [0, 0.05) is 38.5 Å². The fraction of sp³-hybridized carbons (Fsp3) is 0.415. The van der Waals surface area contributed by atoms with E-state index in [1.807, 2.05) is 0 Å². The summed E-state index contributed by atoms with van der Waals surface area (Å²) in [5.41, 5.74) is 38.6. The van der Waals surface area contributed by atoms with Crippen LogP contribution in [0.15, 0.2) is 255 Å². The minimum atomic E-state index is -0.235. The predicted molar refractivity (Wildman–Crippen MR) is 572 cm³/mol. The van der Waals surface area contributed by atoms with E-state index in [0.717, 1.165) is 71.7 Å². The average molecular weight is 1760 g/mol. The first-order valence-electron chi connectivity index (χ1n) is 52.4. The maximum Gasteiger partial charge on any atom is 0.242 e. The third-order valence-corrected chi connectivity index (χ3v) is 32.2. The lowest BCUT2D eigenvalue weighted by Gasteiger charge is -2.34. The first-order valence-corrected chi connectivity index (χ1v) is 53.8. The number of hydrogen-bond acceptors (Lipinski definition) is 6. The van der Waals surface area contributed by atoms with E-state index in [2.05, 4.69) is 296 Å². The quantitative estimate of drug-likeness (QED) is 0.0282. The predicted octanol–water partition coefficient (Wildman–Crippen LogP) is 32.7. The first-order chi connectivity index (χ1) is 64.8. The molecule has 2 heterocycles. The number of unbranched alkanes of at least 4 members (excludes halogenated alkanes) is 30. The summed E-state index contributed by atoms with van der Waals surface area (Å²) in [6, 6.07) is 101. The molecule has 131 heavy (non-hydrogen) atoms. The number of benzene rings is 12. The minimum Gasteiger partial charge on any atom is -0.172 e. The van der Waals surface area contributed by atoms with Gasteiger partial charge in [-0.1, -0.05) is 548 Å². The van der Waals surface area contributed by atoms with Crippen molar-refractivity contribution in [1.82, 2.24) is 17.5 Å². The van der Waals surface area contributed by atoms with Gasteiger partial charge in [0.25, 0.3) is 0 Å². The Balaban J connectivity index is 0.808. The Kier molecular flexibility index (Phi) is 32.3. The van der Waals surface area contributed by atoms with E-state index in [0.29, 0.717) is 0 Å². The van der Waals surface area contributed by atoms with Crippen LogP contribution in [0, 0.1) is 0 Å². The summed E-state index contributed by atoms with van der Waals surface area (Å²) in [4.78, 5) is 0. The van der Waals surface area contributed by atoms with Gasteiger partial charge in [-0.25, -0.2) is 0 Å². The van der Waals surface area contributed by atoms with Crippen molar-refractivity contribution in [1.29, 1.82) is 0 Å². The van der Waals surface area contributed by atoms with Crippen molar-refractivity contribution in [2.24, 2.45) is 0 Å². The molecule has 12 aromatic carbocycles. The Labute approximate surface area is 796 Å². The lowest BCUT2D eigenvalue weighted by molar-refractivity contribution is 0.398. The molecule has 0 fully saturated rings. The molecule has 0 radical (unpaired) electrons. The van der Waals surface area contributed by atoms with Gasteiger partial charge in [0.05, 0.1) is 23.5 Å². The fourth-order valence-corrected chi connectivity index (χ4v) is 25.5. The van der Waals surface area contributed by atoms with Crippen LogP contribution in [0.2, 0.25) is 0 Å². The van der Waals surface area contributed by atoms with Crippen LogP contribution in [0.25, 0.3) is 100.0 Å². The van der Waals surface area contributed by atoms with E-state index in [4.69, 9.17) is 17.5 Å². The smallest absolute Gasteiger partial charge is 0.172 e. The van der Waals surface area contributed by atoms with Gasteiger partial charge in [-0.05, 0) is 140 Å². The Morgan fingerprint density at radius 3 is 0.718 bits per heavy atom. The third kappa shape index (κ3) is 20.0. The SMILES string of the molecule is CCCCCCCCC1(CCCCCCCC)c2cc(-c3ccc(-c4cc5c(cc4B(c4ccccc4)c4ccccc4)-c4ccccc4C5(CCCCCCCC)CCCCCCCC)c4nsnc34)ccc2-c2ccc(-c3ccc(-c4cc5c(cc4B(c4ccccc4)c4ccccc4)-c4ccccc4C5(CCCCCCCC)CCCCCCCC)c4nsnc34)cc21. The highest BCUT2D eigenvalue weighted by Gasteiger charge is 2.48. The molecule has 0 saturated carbocycles. The zero-order valence-corrected chi connectivity index (χ0v) is 81.8. The van der Waals surface area contributed by atoms with Crippen molar-refractivity contribution in [3.8, 4) is 77.9 Å². The van der Waals surface area contributed by atoms with Crippen molar-refractivity contribution in [3.63, 3.8) is 0 Å². The summed E-state index contributed by atoms with van der Waals surface area (Å²) in [7, 11) is 0. The molecule has 0 aliphatic heterocycles. The normalized spacial score (nSPS) is 13.5. The first kappa shape index (κ1) is 93.2. The number of nitrogens with zero attached hydrogens (tertiary/aromatic N) is 4. The van der Waals surface area contributed by atoms with Gasteiger partial charge < -0.3 is 0 Å². The van der Waals surface area contributed by atoms with Crippen LogP contribution in [0.4, 0.5) is 0 Å². The lowest BCUT2D eigenvalue weighted by Crippen LogP contribution is -2.52. The van der Waals surface area contributed by atoms with Gasteiger partial charge in [-0.3, -0.25) is 0 Å². The van der Waals surface area contributed by atoms with E-state index in [-0.39, 0.29) is 29.7 Å². The Morgan fingerprint density at radius 2 is 0.420 bits per heavy atom. The van der Waals surface area contributed by atoms with Crippen LogP contribution in [-0.2, 0) is 16.2 Å². The largest absolute Gasteiger partial charge is 0.242 e. The minimum absolute atomic E-state index is 0.0340. The van der Waals surface area contributed by atoms with Crippen molar-refractivity contribution in [2.45, 2.75) is 327 Å². The van der Waals surface area contributed by atoms with Gasteiger partial charge >= 0.3 is 0 Å². The molecule has 0 spiro atoms. The number of aromatic nitrogens is 4. The fourth-order valence-electron chi connectivity index (χ4n) is 24.4. The van der Waals surface area contributed by atoms with E-state index in [1.54, 1.807) is 0 Å². The molecule has 0 atom stereocenters. The summed E-state index contributed by atoms with van der Waals surface area (Å²) >= 11 is 2.77. The van der Waals surface area contributed by atoms with Crippen LogP contribution in [0.1, 0.15) is 345 Å². The summed E-state index contributed by atoms with van der Waals surface area (Å²) in [6.45, 7) is 14.0. The number of rotatable bonds is 52. The zero-order chi connectivity index (χ0) is 89.6. The molecule has 0 amide bonds. The number of hydrogen-bond donors (Lipinski definition) is 0. The molecule has 0 N–H and O–H groups in total. The van der Waals surface area contributed by atoms with Gasteiger partial charge in [0.2, 0.25) is 13.4 Å². The van der Waals surface area contributed by atoms with Crippen molar-refractivity contribution in [2.75, 3.05) is 0 Å². The van der Waals surface area contributed by atoms with E-state index in [9.17, 15) is 0 Å². The van der Waals surface area contributed by atoms with E-state index >= 15 is 0 Å². The van der Waals surface area contributed by atoms with E-state index < -0.39 is 0 Å². The highest BCUT2D eigenvalue weighted by molar-refractivity contribution is 7.00. The summed E-state index contributed by atoms with van der Waals surface area (Å²) in [5, 5.41) is 0. The van der Waals surface area contributed by atoms with Gasteiger partial charge in [-0.15, -0.1) is 0 Å².